The van der Waals surface area contributed by atoms with Crippen molar-refractivity contribution in [3.05, 3.63) is 53.3 Å². The van der Waals surface area contributed by atoms with Gasteiger partial charge in [0, 0.05) is 11.5 Å². The molecule has 0 saturated carbocycles. The molecular formula is C15H8N4S3. The average Bonchev–Trinajstić information content (AvgIpc) is 3.21. The first kappa shape index (κ1) is 12.5. The van der Waals surface area contributed by atoms with E-state index in [0.717, 1.165) is 30.6 Å². The predicted octanol–water partition coefficient (Wildman–Crippen LogP) is 4.45. The van der Waals surface area contributed by atoms with Crippen molar-refractivity contribution in [2.75, 3.05) is 0 Å². The van der Waals surface area contributed by atoms with E-state index in [0.29, 0.717) is 0 Å². The smallest absolute Gasteiger partial charge is 0.217 e. The molecule has 0 saturated heterocycles. The van der Waals surface area contributed by atoms with E-state index >= 15 is 0 Å². The van der Waals surface area contributed by atoms with Crippen LogP contribution in [0.5, 0.6) is 0 Å². The van der Waals surface area contributed by atoms with Crippen molar-refractivity contribution in [2.24, 2.45) is 4.99 Å². The molecule has 0 fully saturated rings. The van der Waals surface area contributed by atoms with Gasteiger partial charge in [-0.15, -0.1) is 0 Å². The summed E-state index contributed by atoms with van der Waals surface area (Å²) in [4.78, 5) is 11.1. The van der Waals surface area contributed by atoms with E-state index in [2.05, 4.69) is 32.0 Å². The molecule has 0 spiro atoms. The van der Waals surface area contributed by atoms with Crippen molar-refractivity contribution in [1.82, 2.24) is 13.8 Å². The fourth-order valence-corrected chi connectivity index (χ4v) is 5.13. The Bertz CT molecular complexity index is 1160. The van der Waals surface area contributed by atoms with Gasteiger partial charge in [-0.05, 0) is 24.3 Å². The summed E-state index contributed by atoms with van der Waals surface area (Å²) in [6, 6.07) is 16.4. The Morgan fingerprint density at radius 1 is 0.909 bits per heavy atom. The van der Waals surface area contributed by atoms with Gasteiger partial charge in [0.15, 0.2) is 0 Å². The zero-order valence-electron chi connectivity index (χ0n) is 11.1. The van der Waals surface area contributed by atoms with Crippen LogP contribution in [-0.2, 0) is 0 Å². The van der Waals surface area contributed by atoms with Crippen molar-refractivity contribution in [1.29, 1.82) is 0 Å². The number of hydrogen-bond donors (Lipinski definition) is 0. The van der Waals surface area contributed by atoms with Crippen LogP contribution in [0, 0.1) is 0 Å². The van der Waals surface area contributed by atoms with Crippen LogP contribution in [0.3, 0.4) is 0 Å². The number of aromatic nitrogens is 3. The highest BCUT2D eigenvalue weighted by atomic mass is 32.1. The zero-order chi connectivity index (χ0) is 14.5. The Balaban J connectivity index is 1.81. The molecular weight excluding hydrogens is 332 g/mol. The summed E-state index contributed by atoms with van der Waals surface area (Å²) in [5.41, 5.74) is 2.14. The molecule has 0 N–H and O–H groups in total. The first-order chi connectivity index (χ1) is 10.9. The Hall–Kier alpha value is -2.09. The number of thiazole rings is 2. The van der Waals surface area contributed by atoms with Crippen LogP contribution in [0.15, 0.2) is 53.5 Å². The average molecular weight is 340 g/mol. The number of hydrogen-bond acceptors (Lipinski definition) is 6. The summed E-state index contributed by atoms with van der Waals surface area (Å²) in [6.07, 6.45) is 0. The van der Waals surface area contributed by atoms with Crippen LogP contribution in [0.4, 0.5) is 5.13 Å². The number of nitrogens with zero attached hydrogens (tertiary/aromatic N) is 4. The maximum atomic E-state index is 4.72. The van der Waals surface area contributed by atoms with E-state index in [-0.39, 0.29) is 0 Å². The summed E-state index contributed by atoms with van der Waals surface area (Å²) >= 11 is 4.70. The molecule has 22 heavy (non-hydrogen) atoms. The molecule has 0 aliphatic rings. The Labute approximate surface area is 136 Å². The summed E-state index contributed by atoms with van der Waals surface area (Å²) in [5.74, 6) is 0. The maximum absolute atomic E-state index is 4.72. The summed E-state index contributed by atoms with van der Waals surface area (Å²) in [5, 5.41) is 0.773. The second-order valence-electron chi connectivity index (χ2n) is 4.73. The molecule has 0 aliphatic carbocycles. The molecule has 0 aliphatic heterocycles. The third-order valence-corrected chi connectivity index (χ3v) is 6.14. The molecule has 4 nitrogen and oxygen atoms in total. The van der Waals surface area contributed by atoms with Gasteiger partial charge in [-0.2, -0.15) is 9.37 Å². The molecule has 5 rings (SSSR count). The number of para-hydroxylation sites is 2. The van der Waals surface area contributed by atoms with Crippen LogP contribution in [0.2, 0.25) is 0 Å². The van der Waals surface area contributed by atoms with E-state index in [1.54, 1.807) is 22.7 Å². The van der Waals surface area contributed by atoms with Gasteiger partial charge in [0.25, 0.3) is 0 Å². The fraction of sp³-hybridized carbons (Fsp3) is 0. The van der Waals surface area contributed by atoms with E-state index in [1.165, 1.54) is 16.2 Å². The molecule has 0 bridgehead atoms. The van der Waals surface area contributed by atoms with Crippen LogP contribution >= 0.6 is 34.2 Å². The van der Waals surface area contributed by atoms with Crippen molar-refractivity contribution in [2.45, 2.75) is 0 Å². The monoisotopic (exact) mass is 340 g/mol. The quantitative estimate of drug-likeness (QED) is 0.452. The highest BCUT2D eigenvalue weighted by Gasteiger charge is 2.09. The normalized spacial score (nSPS) is 12.8. The second kappa shape index (κ2) is 4.70. The molecule has 0 amide bonds. The SMILES string of the molecule is c1ccc2sc(/N=c3/snc4sc5ccccc5n34)nc2c1. The Morgan fingerprint density at radius 3 is 2.64 bits per heavy atom. The lowest BCUT2D eigenvalue weighted by atomic mass is 10.3. The number of benzene rings is 2. The van der Waals surface area contributed by atoms with Gasteiger partial charge in [0.2, 0.25) is 14.9 Å². The molecule has 5 aromatic rings. The minimum atomic E-state index is 0.773. The van der Waals surface area contributed by atoms with E-state index < -0.39 is 0 Å². The Morgan fingerprint density at radius 2 is 1.73 bits per heavy atom. The van der Waals surface area contributed by atoms with Gasteiger partial charge < -0.3 is 0 Å². The molecule has 106 valence electrons. The van der Waals surface area contributed by atoms with Crippen LogP contribution in [0.25, 0.3) is 25.4 Å². The van der Waals surface area contributed by atoms with Gasteiger partial charge in [0.1, 0.15) is 0 Å². The number of fused-ring (bicyclic) bond motifs is 4. The molecule has 7 heteroatoms. The third kappa shape index (κ3) is 1.83. The predicted molar refractivity (Wildman–Crippen MR) is 93.3 cm³/mol. The molecule has 3 heterocycles. The molecule has 0 radical (unpaired) electrons. The van der Waals surface area contributed by atoms with Gasteiger partial charge in [-0.1, -0.05) is 46.9 Å². The standard InChI is InChI=1S/C15H8N4S3/c1-3-7-11-9(5-1)16-13(20-11)17-14-19-10-6-2-4-8-12(10)21-15(19)18-22-14/h1-8H/b17-14+. The number of rotatable bonds is 1. The fourth-order valence-electron chi connectivity index (χ4n) is 2.40. The summed E-state index contributed by atoms with van der Waals surface area (Å²) in [6.45, 7) is 0. The van der Waals surface area contributed by atoms with E-state index in [9.17, 15) is 0 Å². The highest BCUT2D eigenvalue weighted by molar-refractivity contribution is 7.24. The van der Waals surface area contributed by atoms with Gasteiger partial charge in [-0.3, -0.25) is 4.40 Å². The summed E-state index contributed by atoms with van der Waals surface area (Å²) < 4.78 is 9.00. The molecule has 2 aromatic carbocycles. The lowest BCUT2D eigenvalue weighted by Gasteiger charge is -1.89. The second-order valence-corrected chi connectivity index (χ2v) is 7.48. The third-order valence-electron chi connectivity index (χ3n) is 3.37. The molecule has 3 aromatic heterocycles. The van der Waals surface area contributed by atoms with Crippen molar-refractivity contribution < 1.29 is 0 Å². The van der Waals surface area contributed by atoms with Gasteiger partial charge >= 0.3 is 0 Å². The van der Waals surface area contributed by atoms with Crippen molar-refractivity contribution in [3.63, 3.8) is 0 Å². The largest absolute Gasteiger partial charge is 0.258 e. The van der Waals surface area contributed by atoms with Crippen molar-refractivity contribution >= 4 is 64.7 Å². The lowest BCUT2D eigenvalue weighted by molar-refractivity contribution is 1.15. The van der Waals surface area contributed by atoms with Gasteiger partial charge in [-0.25, -0.2) is 4.98 Å². The first-order valence-electron chi connectivity index (χ1n) is 6.65. The maximum Gasteiger partial charge on any atom is 0.217 e. The Kier molecular flexibility index (Phi) is 2.66. The van der Waals surface area contributed by atoms with E-state index in [4.69, 9.17) is 4.99 Å². The topological polar surface area (TPSA) is 42.5 Å². The molecule has 0 unspecified atom stereocenters. The van der Waals surface area contributed by atoms with Crippen LogP contribution in [0.1, 0.15) is 0 Å². The molecule has 0 atom stereocenters. The minimum Gasteiger partial charge on any atom is -0.258 e. The van der Waals surface area contributed by atoms with Crippen molar-refractivity contribution in [3.8, 4) is 0 Å². The van der Waals surface area contributed by atoms with E-state index in [1.807, 2.05) is 30.3 Å². The summed E-state index contributed by atoms with van der Waals surface area (Å²) in [7, 11) is 0. The van der Waals surface area contributed by atoms with Crippen LogP contribution < -0.4 is 4.80 Å². The minimum absolute atomic E-state index is 0.773. The highest BCUT2D eigenvalue weighted by Crippen LogP contribution is 2.28. The van der Waals surface area contributed by atoms with Crippen LogP contribution in [-0.4, -0.2) is 13.8 Å². The zero-order valence-corrected chi connectivity index (χ0v) is 13.6. The first-order valence-corrected chi connectivity index (χ1v) is 9.05. The van der Waals surface area contributed by atoms with Gasteiger partial charge in [0.05, 0.1) is 20.4 Å². The lowest BCUT2D eigenvalue weighted by Crippen LogP contribution is -2.03.